The Kier molecular flexibility index (Phi) is 7.29. The van der Waals surface area contributed by atoms with E-state index in [0.717, 1.165) is 38.6 Å². The Labute approximate surface area is 239 Å². The van der Waals surface area contributed by atoms with Gasteiger partial charge < -0.3 is 14.5 Å². The molecule has 1 N–H and O–H groups in total. The minimum Gasteiger partial charge on any atom is -0.490 e. The van der Waals surface area contributed by atoms with Gasteiger partial charge >= 0.3 is 0 Å². The summed E-state index contributed by atoms with van der Waals surface area (Å²) in [7, 11) is 0. The molecule has 42 heavy (non-hydrogen) atoms. The van der Waals surface area contributed by atoms with Crippen molar-refractivity contribution in [3.05, 3.63) is 87.3 Å². The van der Waals surface area contributed by atoms with Crippen LogP contribution in [-0.4, -0.2) is 63.3 Å². The molecular formula is C30H29F3N6O3. The van der Waals surface area contributed by atoms with Crippen LogP contribution in [0.3, 0.4) is 0 Å². The molecular weight excluding hydrogens is 549 g/mol. The maximum absolute atomic E-state index is 14.9. The van der Waals surface area contributed by atoms with E-state index in [9.17, 15) is 22.8 Å². The molecule has 1 saturated heterocycles. The second-order valence-electron chi connectivity index (χ2n) is 10.8. The van der Waals surface area contributed by atoms with Crippen molar-refractivity contribution >= 4 is 22.6 Å². The lowest BCUT2D eigenvalue weighted by atomic mass is 9.96. The fraction of sp³-hybridized carbons (Fsp3) is 0.367. The number of fused-ring (bicyclic) bond motifs is 1. The number of carbonyl (C=O) groups excluding carboxylic acids is 1. The highest BCUT2D eigenvalue weighted by atomic mass is 19.3. The van der Waals surface area contributed by atoms with Gasteiger partial charge in [0.25, 0.3) is 17.4 Å². The van der Waals surface area contributed by atoms with Crippen LogP contribution in [0.15, 0.2) is 53.6 Å². The van der Waals surface area contributed by atoms with E-state index in [2.05, 4.69) is 20.2 Å². The summed E-state index contributed by atoms with van der Waals surface area (Å²) in [6, 6.07) is 9.67. The van der Waals surface area contributed by atoms with Gasteiger partial charge in [0.05, 0.1) is 28.3 Å². The third-order valence-corrected chi connectivity index (χ3v) is 7.82. The molecule has 6 rings (SSSR count). The zero-order valence-electron chi connectivity index (χ0n) is 22.9. The fourth-order valence-electron chi connectivity index (χ4n) is 5.12. The number of ether oxygens (including phenoxy) is 1. The first-order chi connectivity index (χ1) is 20.2. The number of amides is 1. The third-order valence-electron chi connectivity index (χ3n) is 7.82. The molecule has 0 bridgehead atoms. The Bertz CT molecular complexity index is 1680. The minimum atomic E-state index is -3.03. The molecule has 1 saturated carbocycles. The molecule has 0 radical (unpaired) electrons. The highest BCUT2D eigenvalue weighted by Gasteiger charge is 2.28. The number of hydrogen-bond donors (Lipinski definition) is 1. The van der Waals surface area contributed by atoms with E-state index in [4.69, 9.17) is 4.74 Å². The molecule has 4 aromatic rings. The maximum atomic E-state index is 14.9. The average molecular weight is 579 g/mol. The number of nitrogens with one attached hydrogen (secondary N) is 1. The smallest absolute Gasteiger partial charge is 0.273 e. The molecule has 9 nitrogen and oxygen atoms in total. The third kappa shape index (κ3) is 5.65. The molecule has 2 aromatic carbocycles. The second-order valence-corrected chi connectivity index (χ2v) is 10.8. The van der Waals surface area contributed by atoms with Crippen molar-refractivity contribution in [3.63, 3.8) is 0 Å². The molecule has 12 heteroatoms. The monoisotopic (exact) mass is 578 g/mol. The fourth-order valence-corrected chi connectivity index (χ4v) is 5.12. The lowest BCUT2D eigenvalue weighted by Crippen LogP contribution is -2.49. The first kappa shape index (κ1) is 27.7. The number of piperazine rings is 1. The standard InChI is InChI=1S/C30H29F3N6O3/c1-30(32,33)19-16-34-29(35-17-19)39-11-9-38(10-12-39)28(41)24-13-18(5-8-25(24)31)14-26-23-15-21(42-20-3-2-4-20)6-7-22(23)27(40)37-36-26/h5-8,13,15-17,20H,2-4,9-12,14H2,1H3,(H,37,40). The Hall–Kier alpha value is -4.48. The molecule has 2 aliphatic rings. The highest BCUT2D eigenvalue weighted by Crippen LogP contribution is 2.29. The Balaban J connectivity index is 1.17. The summed E-state index contributed by atoms with van der Waals surface area (Å²) in [6.45, 7) is 2.09. The molecule has 1 amide bonds. The first-order valence-corrected chi connectivity index (χ1v) is 13.9. The zero-order chi connectivity index (χ0) is 29.4. The summed E-state index contributed by atoms with van der Waals surface area (Å²) < 4.78 is 47.9. The molecule has 0 unspecified atom stereocenters. The zero-order valence-corrected chi connectivity index (χ0v) is 22.9. The van der Waals surface area contributed by atoms with Gasteiger partial charge in [0.2, 0.25) is 5.95 Å². The summed E-state index contributed by atoms with van der Waals surface area (Å²) >= 11 is 0. The van der Waals surface area contributed by atoms with Gasteiger partial charge in [-0.15, -0.1) is 0 Å². The van der Waals surface area contributed by atoms with Gasteiger partial charge in [-0.1, -0.05) is 6.07 Å². The Morgan fingerprint density at radius 1 is 1.05 bits per heavy atom. The van der Waals surface area contributed by atoms with E-state index in [0.29, 0.717) is 46.8 Å². The Morgan fingerprint density at radius 3 is 2.45 bits per heavy atom. The summed E-state index contributed by atoms with van der Waals surface area (Å²) in [5, 5.41) is 7.90. The predicted octanol–water partition coefficient (Wildman–Crippen LogP) is 4.45. The van der Waals surface area contributed by atoms with Crippen LogP contribution < -0.4 is 15.2 Å². The number of anilines is 1. The number of aromatic nitrogens is 4. The van der Waals surface area contributed by atoms with Crippen molar-refractivity contribution in [2.24, 2.45) is 0 Å². The van der Waals surface area contributed by atoms with E-state index in [1.165, 1.54) is 12.1 Å². The van der Waals surface area contributed by atoms with Crippen LogP contribution in [0.5, 0.6) is 5.75 Å². The quantitative estimate of drug-likeness (QED) is 0.346. The number of alkyl halides is 2. The summed E-state index contributed by atoms with van der Waals surface area (Å²) in [5.41, 5.74) is 0.583. The minimum absolute atomic E-state index is 0.0607. The highest BCUT2D eigenvalue weighted by molar-refractivity contribution is 5.95. The molecule has 218 valence electrons. The first-order valence-electron chi connectivity index (χ1n) is 13.9. The van der Waals surface area contributed by atoms with E-state index in [1.54, 1.807) is 28.0 Å². The van der Waals surface area contributed by atoms with Crippen LogP contribution in [-0.2, 0) is 12.3 Å². The van der Waals surface area contributed by atoms with Crippen LogP contribution in [0.4, 0.5) is 19.1 Å². The molecule has 2 fully saturated rings. The molecule has 3 heterocycles. The van der Waals surface area contributed by atoms with Gasteiger partial charge in [-0.3, -0.25) is 9.59 Å². The van der Waals surface area contributed by atoms with E-state index < -0.39 is 17.6 Å². The van der Waals surface area contributed by atoms with Crippen molar-refractivity contribution in [2.75, 3.05) is 31.1 Å². The molecule has 1 aliphatic heterocycles. The van der Waals surface area contributed by atoms with Crippen molar-refractivity contribution in [1.29, 1.82) is 0 Å². The molecule has 0 atom stereocenters. The van der Waals surface area contributed by atoms with E-state index >= 15 is 0 Å². The average Bonchev–Trinajstić information content (AvgIpc) is 2.97. The summed E-state index contributed by atoms with van der Waals surface area (Å²) in [5.74, 6) is -3.16. The molecule has 0 spiro atoms. The molecule has 2 aromatic heterocycles. The normalized spacial score (nSPS) is 16.0. The van der Waals surface area contributed by atoms with Crippen LogP contribution in [0.1, 0.15) is 53.4 Å². The number of hydrogen-bond acceptors (Lipinski definition) is 7. The van der Waals surface area contributed by atoms with Gasteiger partial charge in [-0.05, 0) is 55.2 Å². The lowest BCUT2D eigenvalue weighted by Gasteiger charge is -2.35. The van der Waals surface area contributed by atoms with Gasteiger partial charge in [0.15, 0.2) is 0 Å². The van der Waals surface area contributed by atoms with Crippen LogP contribution in [0.2, 0.25) is 0 Å². The van der Waals surface area contributed by atoms with Crippen molar-refractivity contribution < 1.29 is 22.7 Å². The second kappa shape index (κ2) is 11.1. The topological polar surface area (TPSA) is 104 Å². The summed E-state index contributed by atoms with van der Waals surface area (Å²) in [6.07, 6.45) is 5.78. The van der Waals surface area contributed by atoms with E-state index in [-0.39, 0.29) is 42.3 Å². The number of nitrogens with zero attached hydrogens (tertiary/aromatic N) is 5. The number of carbonyl (C=O) groups is 1. The largest absolute Gasteiger partial charge is 0.490 e. The number of rotatable bonds is 7. The summed E-state index contributed by atoms with van der Waals surface area (Å²) in [4.78, 5) is 37.2. The van der Waals surface area contributed by atoms with Gasteiger partial charge in [-0.25, -0.2) is 28.2 Å². The van der Waals surface area contributed by atoms with Crippen molar-refractivity contribution in [3.8, 4) is 5.75 Å². The number of halogens is 3. The van der Waals surface area contributed by atoms with Crippen molar-refractivity contribution in [2.45, 2.75) is 44.6 Å². The number of aromatic amines is 1. The Morgan fingerprint density at radius 2 is 1.79 bits per heavy atom. The van der Waals surface area contributed by atoms with Crippen LogP contribution in [0.25, 0.3) is 10.8 Å². The number of benzene rings is 2. The predicted molar refractivity (Wildman–Crippen MR) is 150 cm³/mol. The van der Waals surface area contributed by atoms with E-state index in [1.807, 2.05) is 6.07 Å². The van der Waals surface area contributed by atoms with Gasteiger partial charge in [-0.2, -0.15) is 5.10 Å². The SMILES string of the molecule is CC(F)(F)c1cnc(N2CCN(C(=O)c3cc(Cc4n[nH]c(=O)c5ccc(OC6CCC6)cc45)ccc3F)CC2)nc1. The molecule has 1 aliphatic carbocycles. The maximum Gasteiger partial charge on any atom is 0.273 e. The number of H-pyrrole nitrogens is 1. The van der Waals surface area contributed by atoms with Crippen LogP contribution >= 0.6 is 0 Å². The van der Waals surface area contributed by atoms with Gasteiger partial charge in [0.1, 0.15) is 11.6 Å². The van der Waals surface area contributed by atoms with Gasteiger partial charge in [0, 0.05) is 57.3 Å². The van der Waals surface area contributed by atoms with Crippen molar-refractivity contribution in [1.82, 2.24) is 25.1 Å². The lowest BCUT2D eigenvalue weighted by molar-refractivity contribution is 0.0167. The van der Waals surface area contributed by atoms with Crippen LogP contribution in [0, 0.1) is 5.82 Å².